The quantitative estimate of drug-likeness (QED) is 0.711. The number of halogens is 1. The zero-order chi connectivity index (χ0) is 12.7. The molecule has 0 unspecified atom stereocenters. The van der Waals surface area contributed by atoms with Gasteiger partial charge in [-0.3, -0.25) is 0 Å². The average molecular weight is 355 g/mol. The zero-order valence-corrected chi connectivity index (χ0v) is 11.7. The van der Waals surface area contributed by atoms with Crippen LogP contribution in [0.5, 0.6) is 0 Å². The molecule has 0 bridgehead atoms. The number of hydrogen-bond donors (Lipinski definition) is 1. The standard InChI is InChI=1S/C11H10IN5O/c1-6-14-10(16-18-6)5-17-9-3-2-7(12)4-8(9)15-11(17)13/h2-4H,5H2,1H3,(H2,13,15). The maximum atomic E-state index is 5.92. The summed E-state index contributed by atoms with van der Waals surface area (Å²) in [5.74, 6) is 1.59. The van der Waals surface area contributed by atoms with Crippen LogP contribution in [-0.4, -0.2) is 19.7 Å². The third-order valence-corrected chi connectivity index (χ3v) is 3.28. The van der Waals surface area contributed by atoms with Crippen LogP contribution in [0, 0.1) is 10.5 Å². The fraction of sp³-hybridized carbons (Fsp3) is 0.182. The summed E-state index contributed by atoms with van der Waals surface area (Å²) in [6.07, 6.45) is 0. The molecular weight excluding hydrogens is 345 g/mol. The summed E-state index contributed by atoms with van der Waals surface area (Å²) in [5, 5.41) is 3.86. The number of fused-ring (bicyclic) bond motifs is 1. The van der Waals surface area contributed by atoms with Crippen LogP contribution in [0.25, 0.3) is 11.0 Å². The second-order valence-corrected chi connectivity index (χ2v) is 5.16. The molecule has 18 heavy (non-hydrogen) atoms. The molecule has 0 amide bonds. The van der Waals surface area contributed by atoms with Crippen molar-refractivity contribution in [1.29, 1.82) is 0 Å². The summed E-state index contributed by atoms with van der Waals surface area (Å²) in [7, 11) is 0. The molecule has 0 aliphatic carbocycles. The van der Waals surface area contributed by atoms with E-state index in [-0.39, 0.29) is 0 Å². The van der Waals surface area contributed by atoms with Gasteiger partial charge in [-0.05, 0) is 40.8 Å². The second-order valence-electron chi connectivity index (χ2n) is 3.92. The van der Waals surface area contributed by atoms with E-state index >= 15 is 0 Å². The zero-order valence-electron chi connectivity index (χ0n) is 9.59. The molecule has 2 heterocycles. The number of rotatable bonds is 2. The lowest BCUT2D eigenvalue weighted by Gasteiger charge is -2.02. The Morgan fingerprint density at radius 2 is 2.22 bits per heavy atom. The maximum absolute atomic E-state index is 5.92. The van der Waals surface area contributed by atoms with Crippen molar-refractivity contribution in [2.75, 3.05) is 5.73 Å². The molecule has 2 aromatic heterocycles. The Balaban J connectivity index is 2.08. The Morgan fingerprint density at radius 1 is 1.39 bits per heavy atom. The van der Waals surface area contributed by atoms with E-state index < -0.39 is 0 Å². The van der Waals surface area contributed by atoms with Gasteiger partial charge in [0.1, 0.15) is 0 Å². The van der Waals surface area contributed by atoms with Crippen molar-refractivity contribution in [2.24, 2.45) is 0 Å². The van der Waals surface area contributed by atoms with E-state index in [1.807, 2.05) is 22.8 Å². The first-order chi connectivity index (χ1) is 8.63. The predicted octanol–water partition coefficient (Wildman–Crippen LogP) is 1.96. The van der Waals surface area contributed by atoms with Crippen molar-refractivity contribution in [2.45, 2.75) is 13.5 Å². The molecule has 0 aliphatic heterocycles. The highest BCUT2D eigenvalue weighted by atomic mass is 127. The van der Waals surface area contributed by atoms with Gasteiger partial charge < -0.3 is 14.8 Å². The third kappa shape index (κ3) is 1.94. The first kappa shape index (κ1) is 11.5. The number of aromatic nitrogens is 4. The normalized spacial score (nSPS) is 11.2. The molecule has 0 saturated carbocycles. The highest BCUT2D eigenvalue weighted by Crippen LogP contribution is 2.20. The predicted molar refractivity (Wildman–Crippen MR) is 75.0 cm³/mol. The molecule has 6 nitrogen and oxygen atoms in total. The Labute approximate surface area is 116 Å². The van der Waals surface area contributed by atoms with E-state index in [1.54, 1.807) is 6.92 Å². The summed E-state index contributed by atoms with van der Waals surface area (Å²) in [6.45, 7) is 2.22. The fourth-order valence-electron chi connectivity index (χ4n) is 1.83. The van der Waals surface area contributed by atoms with Gasteiger partial charge in [0, 0.05) is 10.5 Å². The van der Waals surface area contributed by atoms with Gasteiger partial charge in [-0.25, -0.2) is 4.98 Å². The Kier molecular flexibility index (Phi) is 2.69. The van der Waals surface area contributed by atoms with Gasteiger partial charge in [0.25, 0.3) is 0 Å². The fourth-order valence-corrected chi connectivity index (χ4v) is 2.31. The van der Waals surface area contributed by atoms with E-state index in [2.05, 4.69) is 37.7 Å². The minimum Gasteiger partial charge on any atom is -0.369 e. The van der Waals surface area contributed by atoms with Crippen LogP contribution in [0.2, 0.25) is 0 Å². The number of benzene rings is 1. The minimum atomic E-state index is 0.453. The molecule has 0 saturated heterocycles. The highest BCUT2D eigenvalue weighted by Gasteiger charge is 2.11. The largest absolute Gasteiger partial charge is 0.369 e. The topological polar surface area (TPSA) is 82.8 Å². The van der Waals surface area contributed by atoms with Crippen molar-refractivity contribution in [3.05, 3.63) is 33.5 Å². The highest BCUT2D eigenvalue weighted by molar-refractivity contribution is 14.1. The van der Waals surface area contributed by atoms with Crippen LogP contribution in [0.4, 0.5) is 5.95 Å². The van der Waals surface area contributed by atoms with E-state index in [0.29, 0.717) is 24.2 Å². The Morgan fingerprint density at radius 3 is 2.94 bits per heavy atom. The third-order valence-electron chi connectivity index (χ3n) is 2.61. The van der Waals surface area contributed by atoms with Crippen LogP contribution in [0.3, 0.4) is 0 Å². The number of anilines is 1. The van der Waals surface area contributed by atoms with Gasteiger partial charge in [0.05, 0.1) is 17.6 Å². The lowest BCUT2D eigenvalue weighted by molar-refractivity contribution is 0.386. The van der Waals surface area contributed by atoms with Gasteiger partial charge in [-0.1, -0.05) is 5.16 Å². The van der Waals surface area contributed by atoms with Crippen LogP contribution < -0.4 is 5.73 Å². The molecule has 0 atom stereocenters. The van der Waals surface area contributed by atoms with E-state index in [9.17, 15) is 0 Å². The van der Waals surface area contributed by atoms with Gasteiger partial charge in [-0.15, -0.1) is 0 Å². The molecule has 2 N–H and O–H groups in total. The van der Waals surface area contributed by atoms with E-state index in [1.165, 1.54) is 0 Å². The summed E-state index contributed by atoms with van der Waals surface area (Å²) in [5.41, 5.74) is 7.76. The SMILES string of the molecule is Cc1nc(Cn2c(N)nc3cc(I)ccc32)no1. The molecule has 3 rings (SSSR count). The lowest BCUT2D eigenvalue weighted by Crippen LogP contribution is -2.05. The summed E-state index contributed by atoms with van der Waals surface area (Å²) < 4.78 is 7.94. The number of nitrogen functional groups attached to an aromatic ring is 1. The van der Waals surface area contributed by atoms with Gasteiger partial charge >= 0.3 is 0 Å². The first-order valence-corrected chi connectivity index (χ1v) is 6.42. The number of imidazole rings is 1. The van der Waals surface area contributed by atoms with Crippen molar-refractivity contribution in [3.63, 3.8) is 0 Å². The summed E-state index contributed by atoms with van der Waals surface area (Å²) >= 11 is 2.25. The molecular formula is C11H10IN5O. The van der Waals surface area contributed by atoms with Crippen LogP contribution in [0.1, 0.15) is 11.7 Å². The van der Waals surface area contributed by atoms with Crippen molar-refractivity contribution >= 4 is 39.6 Å². The minimum absolute atomic E-state index is 0.453. The van der Waals surface area contributed by atoms with Crippen LogP contribution in [-0.2, 0) is 6.54 Å². The molecule has 0 aliphatic rings. The van der Waals surface area contributed by atoms with E-state index in [4.69, 9.17) is 10.3 Å². The molecule has 3 aromatic rings. The Hall–Kier alpha value is -1.64. The summed E-state index contributed by atoms with van der Waals surface area (Å²) in [6, 6.07) is 6.00. The van der Waals surface area contributed by atoms with Crippen LogP contribution in [0.15, 0.2) is 22.7 Å². The summed E-state index contributed by atoms with van der Waals surface area (Å²) in [4.78, 5) is 8.49. The maximum Gasteiger partial charge on any atom is 0.223 e. The van der Waals surface area contributed by atoms with Crippen molar-refractivity contribution < 1.29 is 4.52 Å². The first-order valence-electron chi connectivity index (χ1n) is 5.34. The van der Waals surface area contributed by atoms with Crippen LogP contribution >= 0.6 is 22.6 Å². The molecule has 7 heteroatoms. The number of aryl methyl sites for hydroxylation is 1. The number of hydrogen-bond acceptors (Lipinski definition) is 5. The number of nitrogens with zero attached hydrogens (tertiary/aromatic N) is 4. The second kappa shape index (κ2) is 4.23. The Bertz CT molecular complexity index is 717. The smallest absolute Gasteiger partial charge is 0.223 e. The van der Waals surface area contributed by atoms with Crippen molar-refractivity contribution in [3.8, 4) is 0 Å². The lowest BCUT2D eigenvalue weighted by atomic mass is 10.3. The van der Waals surface area contributed by atoms with Gasteiger partial charge in [0.2, 0.25) is 11.8 Å². The van der Waals surface area contributed by atoms with Gasteiger partial charge in [-0.2, -0.15) is 4.98 Å². The average Bonchev–Trinajstić information content (AvgIpc) is 2.84. The van der Waals surface area contributed by atoms with Crippen molar-refractivity contribution in [1.82, 2.24) is 19.7 Å². The molecule has 0 spiro atoms. The molecule has 0 radical (unpaired) electrons. The number of nitrogens with two attached hydrogens (primary N) is 1. The molecule has 1 aromatic carbocycles. The monoisotopic (exact) mass is 355 g/mol. The van der Waals surface area contributed by atoms with Gasteiger partial charge in [0.15, 0.2) is 5.82 Å². The molecule has 0 fully saturated rings. The molecule has 92 valence electrons. The van der Waals surface area contributed by atoms with E-state index in [0.717, 1.165) is 14.6 Å².